The number of carbonyl (C=O) groups excluding carboxylic acids is 3. The van der Waals surface area contributed by atoms with E-state index in [1.54, 1.807) is 0 Å². The molecular weight excluding hydrogens is 769 g/mol. The third-order valence-corrected chi connectivity index (χ3v) is 11.0. The maximum atomic E-state index is 12.8. The highest BCUT2D eigenvalue weighted by atomic mass is 16.6. The van der Waals surface area contributed by atoms with Gasteiger partial charge in [-0.25, -0.2) is 0 Å². The van der Waals surface area contributed by atoms with Crippen molar-refractivity contribution >= 4 is 17.9 Å². The van der Waals surface area contributed by atoms with Crippen LogP contribution in [0.3, 0.4) is 0 Å². The van der Waals surface area contributed by atoms with Crippen LogP contribution in [0.15, 0.2) is 72.9 Å². The molecule has 1 atom stereocenters. The average Bonchev–Trinajstić information content (AvgIpc) is 3.27. The Hall–Kier alpha value is -3.15. The predicted octanol–water partition coefficient (Wildman–Crippen LogP) is 17.0. The summed E-state index contributed by atoms with van der Waals surface area (Å²) in [7, 11) is 0. The Balaban J connectivity index is 4.37. The molecule has 6 heteroatoms. The smallest absolute Gasteiger partial charge is 0.306 e. The van der Waals surface area contributed by atoms with Crippen molar-refractivity contribution in [1.82, 2.24) is 0 Å². The Morgan fingerprint density at radius 3 is 1.18 bits per heavy atom. The molecule has 0 aromatic carbocycles. The Morgan fingerprint density at radius 2 is 0.694 bits per heavy atom. The van der Waals surface area contributed by atoms with Gasteiger partial charge in [-0.2, -0.15) is 0 Å². The zero-order valence-corrected chi connectivity index (χ0v) is 40.6. The second-order valence-corrected chi connectivity index (χ2v) is 17.1. The van der Waals surface area contributed by atoms with Gasteiger partial charge in [-0.15, -0.1) is 0 Å². The van der Waals surface area contributed by atoms with Crippen molar-refractivity contribution in [1.29, 1.82) is 0 Å². The first kappa shape index (κ1) is 58.9. The van der Waals surface area contributed by atoms with Crippen molar-refractivity contribution in [3.63, 3.8) is 0 Å². The summed E-state index contributed by atoms with van der Waals surface area (Å²) < 4.78 is 16.7. The highest BCUT2D eigenvalue weighted by Crippen LogP contribution is 2.15. The molecule has 1 unspecified atom stereocenters. The van der Waals surface area contributed by atoms with Crippen molar-refractivity contribution in [2.45, 2.75) is 252 Å². The molecule has 0 aliphatic carbocycles. The summed E-state index contributed by atoms with van der Waals surface area (Å²) in [5, 5.41) is 0. The van der Waals surface area contributed by atoms with Crippen LogP contribution < -0.4 is 0 Å². The summed E-state index contributed by atoms with van der Waals surface area (Å²) in [4.78, 5) is 37.9. The van der Waals surface area contributed by atoms with Gasteiger partial charge in [0, 0.05) is 19.3 Å². The molecule has 6 nitrogen and oxygen atoms in total. The molecule has 0 bridgehead atoms. The molecule has 0 saturated carbocycles. The Bertz CT molecular complexity index is 1180. The molecule has 0 amide bonds. The lowest BCUT2D eigenvalue weighted by atomic mass is 10.0. The second kappa shape index (κ2) is 50.5. The third kappa shape index (κ3) is 47.9. The molecular formula is C56H96O6. The fourth-order valence-electron chi connectivity index (χ4n) is 7.14. The normalized spacial score (nSPS) is 12.6. The van der Waals surface area contributed by atoms with E-state index in [0.29, 0.717) is 19.3 Å². The zero-order chi connectivity index (χ0) is 45.1. The van der Waals surface area contributed by atoms with E-state index in [-0.39, 0.29) is 31.1 Å². The zero-order valence-electron chi connectivity index (χ0n) is 40.6. The summed E-state index contributed by atoms with van der Waals surface area (Å²) in [6.45, 7) is 6.43. The first-order valence-electron chi connectivity index (χ1n) is 26.0. The van der Waals surface area contributed by atoms with Crippen LogP contribution in [0.25, 0.3) is 0 Å². The average molecular weight is 865 g/mol. The van der Waals surface area contributed by atoms with Crippen molar-refractivity contribution in [2.24, 2.45) is 0 Å². The van der Waals surface area contributed by atoms with Crippen LogP contribution in [0, 0.1) is 0 Å². The van der Waals surface area contributed by atoms with Gasteiger partial charge in [-0.1, -0.05) is 229 Å². The predicted molar refractivity (Wildman–Crippen MR) is 265 cm³/mol. The number of hydrogen-bond donors (Lipinski definition) is 0. The summed E-state index contributed by atoms with van der Waals surface area (Å²) in [5.41, 5.74) is 0. The fraction of sp³-hybridized carbons (Fsp3) is 0.732. The molecule has 62 heavy (non-hydrogen) atoms. The molecule has 356 valence electrons. The van der Waals surface area contributed by atoms with Crippen molar-refractivity contribution < 1.29 is 28.6 Å². The Labute approximate surface area is 382 Å². The SMILES string of the molecule is CC/C=C\C/C=C\CCCCC(=O)OCC(COC(=O)CCCCCCC\C=C/C=C\C=C/C=C\CCCCC)OC(=O)CCCCCCCCCCCCCCCCCCC. The van der Waals surface area contributed by atoms with E-state index < -0.39 is 6.10 Å². The summed E-state index contributed by atoms with van der Waals surface area (Å²) in [5.74, 6) is -0.951. The lowest BCUT2D eigenvalue weighted by Crippen LogP contribution is -2.30. The molecule has 0 spiro atoms. The van der Waals surface area contributed by atoms with E-state index in [4.69, 9.17) is 14.2 Å². The molecule has 0 heterocycles. The van der Waals surface area contributed by atoms with E-state index in [1.807, 2.05) is 0 Å². The van der Waals surface area contributed by atoms with Crippen LogP contribution in [0.2, 0.25) is 0 Å². The molecule has 0 aromatic heterocycles. The largest absolute Gasteiger partial charge is 0.462 e. The topological polar surface area (TPSA) is 78.9 Å². The molecule has 0 rings (SSSR count). The quantitative estimate of drug-likeness (QED) is 0.0199. The first-order chi connectivity index (χ1) is 30.5. The number of allylic oxidation sites excluding steroid dienone is 12. The van der Waals surface area contributed by atoms with E-state index >= 15 is 0 Å². The van der Waals surface area contributed by atoms with Gasteiger partial charge in [-0.05, 0) is 70.6 Å². The lowest BCUT2D eigenvalue weighted by Gasteiger charge is -2.18. The maximum absolute atomic E-state index is 12.8. The first-order valence-corrected chi connectivity index (χ1v) is 26.0. The monoisotopic (exact) mass is 865 g/mol. The minimum absolute atomic E-state index is 0.0967. The van der Waals surface area contributed by atoms with Crippen LogP contribution in [0.4, 0.5) is 0 Å². The second-order valence-electron chi connectivity index (χ2n) is 17.1. The van der Waals surface area contributed by atoms with Crippen LogP contribution >= 0.6 is 0 Å². The van der Waals surface area contributed by atoms with Crippen LogP contribution in [-0.4, -0.2) is 37.2 Å². The molecule has 0 aliphatic heterocycles. The maximum Gasteiger partial charge on any atom is 0.306 e. The molecule has 0 fully saturated rings. The van der Waals surface area contributed by atoms with E-state index in [2.05, 4.69) is 93.7 Å². The van der Waals surface area contributed by atoms with Crippen molar-refractivity contribution in [2.75, 3.05) is 13.2 Å². The number of ether oxygens (including phenoxy) is 3. The van der Waals surface area contributed by atoms with Gasteiger partial charge in [0.2, 0.25) is 0 Å². The molecule has 0 radical (unpaired) electrons. The molecule has 0 saturated heterocycles. The van der Waals surface area contributed by atoms with Gasteiger partial charge in [0.1, 0.15) is 13.2 Å². The summed E-state index contributed by atoms with van der Waals surface area (Å²) in [6.07, 6.45) is 63.2. The Morgan fingerprint density at radius 1 is 0.355 bits per heavy atom. The standard InChI is InChI=1S/C56H96O6/c1-4-7-10-13-16-19-21-23-25-27-29-30-32-34-37-40-43-46-49-55(58)61-52-53(51-60-54(57)48-45-42-39-36-18-15-12-9-6-3)62-56(59)50-47-44-41-38-35-33-31-28-26-24-22-20-17-14-11-8-5-2/h9,12,16,18-19,21,23,25,27,29-30,36,53H,4-8,10-11,13-15,17,20,22,24,26,28,31-35,37-52H2,1-3H3/b12-9-,19-16-,23-21-,27-25-,30-29-,36-18-. The summed E-state index contributed by atoms with van der Waals surface area (Å²) >= 11 is 0. The minimum atomic E-state index is -0.795. The van der Waals surface area contributed by atoms with Crippen LogP contribution in [0.5, 0.6) is 0 Å². The molecule has 0 aromatic rings. The number of unbranched alkanes of at least 4 members (excludes halogenated alkanes) is 26. The minimum Gasteiger partial charge on any atom is -0.462 e. The highest BCUT2D eigenvalue weighted by Gasteiger charge is 2.19. The van der Waals surface area contributed by atoms with Gasteiger partial charge in [-0.3, -0.25) is 14.4 Å². The van der Waals surface area contributed by atoms with Crippen LogP contribution in [0.1, 0.15) is 245 Å². The fourth-order valence-corrected chi connectivity index (χ4v) is 7.14. The van der Waals surface area contributed by atoms with Crippen molar-refractivity contribution in [3.8, 4) is 0 Å². The van der Waals surface area contributed by atoms with Crippen molar-refractivity contribution in [3.05, 3.63) is 72.9 Å². The number of esters is 3. The van der Waals surface area contributed by atoms with Crippen LogP contribution in [-0.2, 0) is 28.6 Å². The lowest BCUT2D eigenvalue weighted by molar-refractivity contribution is -0.167. The number of carbonyl (C=O) groups is 3. The third-order valence-electron chi connectivity index (χ3n) is 11.0. The van der Waals surface area contributed by atoms with E-state index in [0.717, 1.165) is 96.3 Å². The van der Waals surface area contributed by atoms with Gasteiger partial charge in [0.25, 0.3) is 0 Å². The molecule has 0 aliphatic rings. The van der Waals surface area contributed by atoms with Gasteiger partial charge >= 0.3 is 17.9 Å². The Kier molecular flexibility index (Phi) is 47.9. The number of hydrogen-bond acceptors (Lipinski definition) is 6. The van der Waals surface area contributed by atoms with E-state index in [9.17, 15) is 14.4 Å². The summed E-state index contributed by atoms with van der Waals surface area (Å²) in [6, 6.07) is 0. The van der Waals surface area contributed by atoms with E-state index in [1.165, 1.54) is 109 Å². The van der Waals surface area contributed by atoms with Gasteiger partial charge < -0.3 is 14.2 Å². The molecule has 0 N–H and O–H groups in total. The van der Waals surface area contributed by atoms with Gasteiger partial charge in [0.05, 0.1) is 0 Å². The highest BCUT2D eigenvalue weighted by molar-refractivity contribution is 5.71. The van der Waals surface area contributed by atoms with Gasteiger partial charge in [0.15, 0.2) is 6.10 Å². The number of rotatable bonds is 46.